The quantitative estimate of drug-likeness (QED) is 0.530. The highest BCUT2D eigenvalue weighted by Gasteiger charge is 2.26. The van der Waals surface area contributed by atoms with Crippen LogP contribution in [0.3, 0.4) is 0 Å². The summed E-state index contributed by atoms with van der Waals surface area (Å²) in [5, 5.41) is 9.73. The minimum atomic E-state index is -0.102. The third-order valence-electron chi connectivity index (χ3n) is 2.08. The van der Waals surface area contributed by atoms with Crippen molar-refractivity contribution in [3.63, 3.8) is 0 Å². The summed E-state index contributed by atoms with van der Waals surface area (Å²) < 4.78 is 0. The minimum absolute atomic E-state index is 0.0265. The fourth-order valence-electron chi connectivity index (χ4n) is 1.31. The minimum Gasteiger partial charge on any atom is -0.500 e. The lowest BCUT2D eigenvalue weighted by molar-refractivity contribution is -0.0278. The van der Waals surface area contributed by atoms with Crippen molar-refractivity contribution in [2.24, 2.45) is 0 Å². The average molecular weight is 203 g/mol. The molecule has 0 aliphatic carbocycles. The van der Waals surface area contributed by atoms with E-state index in [1.807, 2.05) is 30.3 Å². The van der Waals surface area contributed by atoms with E-state index in [0.29, 0.717) is 5.70 Å². The maximum Gasteiger partial charge on any atom is 0.363 e. The number of rotatable bonds is 1. The van der Waals surface area contributed by atoms with E-state index in [2.05, 4.69) is 10.3 Å². The summed E-state index contributed by atoms with van der Waals surface area (Å²) in [5.41, 5.74) is 12.5. The number of aliphatic hydroxyl groups excluding tert-OH is 1. The van der Waals surface area contributed by atoms with Crippen LogP contribution in [0.25, 0.3) is 11.2 Å². The molecule has 1 aromatic carbocycles. The van der Waals surface area contributed by atoms with Gasteiger partial charge in [0.2, 0.25) is 5.76 Å². The van der Waals surface area contributed by atoms with Gasteiger partial charge in [0.05, 0.1) is 0 Å². The Kier molecular flexibility index (Phi) is 2.49. The maximum absolute atomic E-state index is 9.73. The Labute approximate surface area is 86.2 Å². The highest BCUT2D eigenvalue weighted by atomic mass is 16.6. The number of hydrogen-bond donors (Lipinski definition) is 2. The average Bonchev–Trinajstić information content (AvgIpc) is 2.30. The van der Waals surface area contributed by atoms with Crippen molar-refractivity contribution in [3.05, 3.63) is 47.2 Å². The molecule has 0 saturated heterocycles. The molecule has 0 radical (unpaired) electrons. The Balaban J connectivity index is 2.49. The smallest absolute Gasteiger partial charge is 0.363 e. The van der Waals surface area contributed by atoms with Gasteiger partial charge in [-0.05, 0) is 0 Å². The van der Waals surface area contributed by atoms with Crippen molar-refractivity contribution < 1.29 is 14.7 Å². The Bertz CT molecular complexity index is 447. The molecule has 0 unspecified atom stereocenters. The first-order chi connectivity index (χ1) is 7.33. The molecule has 0 atom stereocenters. The molecule has 76 valence electrons. The van der Waals surface area contributed by atoms with E-state index in [1.54, 1.807) is 0 Å². The molecule has 0 fully saturated rings. The molecule has 0 bridgehead atoms. The van der Waals surface area contributed by atoms with Crippen molar-refractivity contribution >= 4 is 11.4 Å². The van der Waals surface area contributed by atoms with Crippen LogP contribution in [-0.2, 0) is 4.84 Å². The Morgan fingerprint density at radius 3 is 2.73 bits per heavy atom. The maximum atomic E-state index is 9.73. The summed E-state index contributed by atoms with van der Waals surface area (Å²) in [6.45, 7) is 0.0265. The molecule has 0 saturated carbocycles. The standard InChI is InChI=1S/C10H9N3O2/c11-12-8-6-15-13-9(10(8)14)7-4-2-1-3-5-7/h1-5,13-14H,6H2. The fourth-order valence-corrected chi connectivity index (χ4v) is 1.31. The lowest BCUT2D eigenvalue weighted by atomic mass is 10.1. The van der Waals surface area contributed by atoms with Crippen LogP contribution in [0.4, 0.5) is 0 Å². The fraction of sp³-hybridized carbons (Fsp3) is 0.100. The highest BCUT2D eigenvalue weighted by molar-refractivity contribution is 6.01. The number of hydrogen-bond acceptors (Lipinski definition) is 3. The van der Waals surface area contributed by atoms with Crippen molar-refractivity contribution in [1.29, 1.82) is 0 Å². The third kappa shape index (κ3) is 1.74. The summed E-state index contributed by atoms with van der Waals surface area (Å²) in [5.74, 6) is -0.102. The molecule has 0 spiro atoms. The second kappa shape index (κ2) is 3.96. The van der Waals surface area contributed by atoms with Gasteiger partial charge >= 0.3 is 5.71 Å². The number of benzene rings is 1. The second-order valence-corrected chi connectivity index (χ2v) is 3.03. The van der Waals surface area contributed by atoms with Gasteiger partial charge in [-0.2, -0.15) is 4.79 Å². The van der Waals surface area contributed by atoms with Gasteiger partial charge in [0.1, 0.15) is 5.70 Å². The number of nitrogens with zero attached hydrogens (tertiary/aromatic N) is 2. The van der Waals surface area contributed by atoms with E-state index in [-0.39, 0.29) is 18.1 Å². The number of aliphatic hydroxyl groups is 1. The molecule has 5 heteroatoms. The molecule has 1 aliphatic rings. The van der Waals surface area contributed by atoms with Crippen molar-refractivity contribution in [2.45, 2.75) is 0 Å². The number of hydroxylamine groups is 1. The van der Waals surface area contributed by atoms with Gasteiger partial charge in [0.15, 0.2) is 6.61 Å². The van der Waals surface area contributed by atoms with Gasteiger partial charge < -0.3 is 10.6 Å². The summed E-state index contributed by atoms with van der Waals surface area (Å²) in [6, 6.07) is 9.15. The first-order valence-electron chi connectivity index (χ1n) is 4.40. The molecular formula is C10H9N3O2. The molecule has 1 heterocycles. The van der Waals surface area contributed by atoms with Crippen LogP contribution >= 0.6 is 0 Å². The van der Waals surface area contributed by atoms with Gasteiger partial charge in [-0.25, -0.2) is 0 Å². The topological polar surface area (TPSA) is 77.9 Å². The zero-order valence-electron chi connectivity index (χ0n) is 7.84. The highest BCUT2D eigenvalue weighted by Crippen LogP contribution is 2.17. The molecule has 1 aromatic rings. The van der Waals surface area contributed by atoms with Crippen molar-refractivity contribution in [1.82, 2.24) is 5.48 Å². The van der Waals surface area contributed by atoms with E-state index < -0.39 is 0 Å². The first kappa shape index (κ1) is 9.45. The van der Waals surface area contributed by atoms with E-state index in [0.717, 1.165) is 5.56 Å². The monoisotopic (exact) mass is 203 g/mol. The Hall–Kier alpha value is -2.10. The molecular weight excluding hydrogens is 194 g/mol. The molecule has 2 rings (SSSR count). The van der Waals surface area contributed by atoms with Crippen LogP contribution in [-0.4, -0.2) is 22.2 Å². The van der Waals surface area contributed by atoms with Gasteiger partial charge in [-0.3, -0.25) is 10.3 Å². The molecule has 15 heavy (non-hydrogen) atoms. The third-order valence-corrected chi connectivity index (χ3v) is 2.08. The predicted molar refractivity (Wildman–Crippen MR) is 53.7 cm³/mol. The summed E-state index contributed by atoms with van der Waals surface area (Å²) in [6.07, 6.45) is 0. The van der Waals surface area contributed by atoms with Crippen LogP contribution in [0.5, 0.6) is 0 Å². The van der Waals surface area contributed by atoms with Gasteiger partial charge in [-0.1, -0.05) is 30.3 Å². The van der Waals surface area contributed by atoms with Gasteiger partial charge in [-0.15, -0.1) is 0 Å². The Morgan fingerprint density at radius 1 is 1.33 bits per heavy atom. The van der Waals surface area contributed by atoms with Crippen molar-refractivity contribution in [2.75, 3.05) is 6.61 Å². The first-order valence-corrected chi connectivity index (χ1v) is 4.40. The summed E-state index contributed by atoms with van der Waals surface area (Å²) >= 11 is 0. The Morgan fingerprint density at radius 2 is 2.07 bits per heavy atom. The van der Waals surface area contributed by atoms with Gasteiger partial charge in [0.25, 0.3) is 0 Å². The summed E-state index contributed by atoms with van der Waals surface area (Å²) in [4.78, 5) is 7.90. The van der Waals surface area contributed by atoms with E-state index >= 15 is 0 Å². The lowest BCUT2D eigenvalue weighted by Gasteiger charge is -2.15. The molecule has 2 N–H and O–H groups in total. The zero-order valence-corrected chi connectivity index (χ0v) is 7.84. The van der Waals surface area contributed by atoms with Crippen LogP contribution in [0.15, 0.2) is 36.1 Å². The zero-order chi connectivity index (χ0) is 10.7. The summed E-state index contributed by atoms with van der Waals surface area (Å²) in [7, 11) is 0. The van der Waals surface area contributed by atoms with Crippen LogP contribution < -0.4 is 5.48 Å². The van der Waals surface area contributed by atoms with Crippen molar-refractivity contribution in [3.8, 4) is 0 Å². The van der Waals surface area contributed by atoms with E-state index in [4.69, 9.17) is 10.4 Å². The number of nitrogens with one attached hydrogen (secondary N) is 1. The molecule has 5 nitrogen and oxygen atoms in total. The second-order valence-electron chi connectivity index (χ2n) is 3.03. The van der Waals surface area contributed by atoms with Crippen LogP contribution in [0.2, 0.25) is 0 Å². The SMILES string of the molecule is [N-]=[N+]=C1CONC(c2ccccc2)=C1O. The normalized spacial score (nSPS) is 15.9. The molecule has 0 aromatic heterocycles. The molecule has 1 aliphatic heterocycles. The van der Waals surface area contributed by atoms with Crippen LogP contribution in [0, 0.1) is 0 Å². The van der Waals surface area contributed by atoms with Crippen LogP contribution in [0.1, 0.15) is 5.56 Å². The lowest BCUT2D eigenvalue weighted by Crippen LogP contribution is -2.29. The van der Waals surface area contributed by atoms with E-state index in [1.165, 1.54) is 0 Å². The largest absolute Gasteiger partial charge is 0.500 e. The van der Waals surface area contributed by atoms with Gasteiger partial charge in [0, 0.05) is 5.56 Å². The molecule has 0 amide bonds. The predicted octanol–water partition coefficient (Wildman–Crippen LogP) is 1.12. The van der Waals surface area contributed by atoms with E-state index in [9.17, 15) is 5.11 Å².